The van der Waals surface area contributed by atoms with Crippen LogP contribution >= 0.6 is 0 Å². The Morgan fingerprint density at radius 3 is 3.14 bits per heavy atom. The van der Waals surface area contributed by atoms with Gasteiger partial charge in [-0.25, -0.2) is 4.39 Å². The van der Waals surface area contributed by atoms with E-state index in [2.05, 4.69) is 10.2 Å². The van der Waals surface area contributed by atoms with E-state index in [0.29, 0.717) is 12.6 Å². The Morgan fingerprint density at radius 1 is 1.52 bits per heavy atom. The Balaban J connectivity index is 1.84. The smallest absolute Gasteiger partial charge is 0.145 e. The van der Waals surface area contributed by atoms with Crippen molar-refractivity contribution in [1.82, 2.24) is 10.2 Å². The normalized spacial score (nSPS) is 26.0. The van der Waals surface area contributed by atoms with Gasteiger partial charge in [-0.3, -0.25) is 4.90 Å². The van der Waals surface area contributed by atoms with Crippen LogP contribution in [0.5, 0.6) is 5.75 Å². The molecule has 2 fully saturated rings. The monoisotopic (exact) mass is 291 g/mol. The van der Waals surface area contributed by atoms with Gasteiger partial charge in [-0.2, -0.15) is 5.26 Å². The maximum atomic E-state index is 14.0. The van der Waals surface area contributed by atoms with Crippen LogP contribution in [0, 0.1) is 17.1 Å². The lowest BCUT2D eigenvalue weighted by Gasteiger charge is -2.42. The number of nitrogens with zero attached hydrogens (tertiary/aromatic N) is 2. The summed E-state index contributed by atoms with van der Waals surface area (Å²) in [7, 11) is 1.44. The second-order valence-corrected chi connectivity index (χ2v) is 5.37. The third kappa shape index (κ3) is 2.72. The van der Waals surface area contributed by atoms with Crippen molar-refractivity contribution in [3.05, 3.63) is 29.1 Å². The summed E-state index contributed by atoms with van der Waals surface area (Å²) in [4.78, 5) is 2.37. The zero-order valence-corrected chi connectivity index (χ0v) is 11.9. The number of ether oxygens (including phenoxy) is 2. The summed E-state index contributed by atoms with van der Waals surface area (Å²) in [6.07, 6.45) is -0.185. The second kappa shape index (κ2) is 5.98. The maximum Gasteiger partial charge on any atom is 0.145 e. The van der Waals surface area contributed by atoms with E-state index in [9.17, 15) is 4.39 Å². The van der Waals surface area contributed by atoms with Crippen molar-refractivity contribution >= 4 is 0 Å². The number of hydrogen-bond donors (Lipinski definition) is 1. The molecule has 0 saturated carbocycles. The van der Waals surface area contributed by atoms with E-state index in [4.69, 9.17) is 14.7 Å². The molecule has 0 bridgehead atoms. The molecule has 1 aromatic rings. The van der Waals surface area contributed by atoms with Gasteiger partial charge < -0.3 is 14.8 Å². The SMILES string of the molecule is COc1cc(C2CN3CCNCC3CO2)cc(F)c1C#N. The molecule has 0 radical (unpaired) electrons. The largest absolute Gasteiger partial charge is 0.495 e. The molecule has 3 rings (SSSR count). The number of halogens is 1. The fourth-order valence-electron chi connectivity index (χ4n) is 2.96. The van der Waals surface area contributed by atoms with Crippen LogP contribution in [0.4, 0.5) is 4.39 Å². The number of rotatable bonds is 2. The number of fused-ring (bicyclic) bond motifs is 1. The summed E-state index contributed by atoms with van der Waals surface area (Å²) in [5, 5.41) is 12.3. The predicted molar refractivity (Wildman–Crippen MR) is 74.6 cm³/mol. The van der Waals surface area contributed by atoms with Gasteiger partial charge in [0.05, 0.1) is 19.8 Å². The van der Waals surface area contributed by atoms with Crippen molar-refractivity contribution in [3.63, 3.8) is 0 Å². The van der Waals surface area contributed by atoms with Gasteiger partial charge in [0.1, 0.15) is 23.2 Å². The second-order valence-electron chi connectivity index (χ2n) is 5.37. The van der Waals surface area contributed by atoms with Crippen LogP contribution in [-0.2, 0) is 4.74 Å². The van der Waals surface area contributed by atoms with Crippen molar-refractivity contribution in [2.75, 3.05) is 39.9 Å². The van der Waals surface area contributed by atoms with Gasteiger partial charge in [-0.15, -0.1) is 0 Å². The highest BCUT2D eigenvalue weighted by Crippen LogP contribution is 2.31. The lowest BCUT2D eigenvalue weighted by molar-refractivity contribution is -0.0719. The van der Waals surface area contributed by atoms with Gasteiger partial charge in [-0.1, -0.05) is 0 Å². The van der Waals surface area contributed by atoms with Crippen LogP contribution < -0.4 is 10.1 Å². The first-order valence-corrected chi connectivity index (χ1v) is 7.07. The summed E-state index contributed by atoms with van der Waals surface area (Å²) >= 11 is 0. The molecule has 0 aliphatic carbocycles. The topological polar surface area (TPSA) is 57.5 Å². The zero-order valence-electron chi connectivity index (χ0n) is 11.9. The number of methoxy groups -OCH3 is 1. The number of morpholine rings is 1. The lowest BCUT2D eigenvalue weighted by atomic mass is 10.0. The molecule has 0 amide bonds. The molecular formula is C15H18FN3O2. The molecular weight excluding hydrogens is 273 g/mol. The summed E-state index contributed by atoms with van der Waals surface area (Å²) in [5.74, 6) is -0.295. The van der Waals surface area contributed by atoms with Crippen molar-refractivity contribution in [2.24, 2.45) is 0 Å². The van der Waals surface area contributed by atoms with E-state index in [-0.39, 0.29) is 17.4 Å². The molecule has 2 aliphatic rings. The number of hydrogen-bond acceptors (Lipinski definition) is 5. The van der Waals surface area contributed by atoms with Crippen molar-refractivity contribution in [1.29, 1.82) is 5.26 Å². The maximum absolute atomic E-state index is 14.0. The molecule has 112 valence electrons. The fourth-order valence-corrected chi connectivity index (χ4v) is 2.96. The molecule has 2 unspecified atom stereocenters. The van der Waals surface area contributed by atoms with Crippen LogP contribution in [-0.4, -0.2) is 50.8 Å². The Bertz CT molecular complexity index is 573. The number of nitriles is 1. The van der Waals surface area contributed by atoms with E-state index >= 15 is 0 Å². The molecule has 21 heavy (non-hydrogen) atoms. The van der Waals surface area contributed by atoms with Gasteiger partial charge in [0.2, 0.25) is 0 Å². The van der Waals surface area contributed by atoms with Crippen molar-refractivity contribution < 1.29 is 13.9 Å². The minimum absolute atomic E-state index is 0.0582. The lowest BCUT2D eigenvalue weighted by Crippen LogP contribution is -2.57. The highest BCUT2D eigenvalue weighted by molar-refractivity contribution is 5.47. The summed E-state index contributed by atoms with van der Waals surface area (Å²) in [5.41, 5.74) is 0.664. The molecule has 1 N–H and O–H groups in total. The molecule has 2 atom stereocenters. The molecule has 5 nitrogen and oxygen atoms in total. The van der Waals surface area contributed by atoms with Gasteiger partial charge in [-0.05, 0) is 17.7 Å². The molecule has 2 aliphatic heterocycles. The zero-order chi connectivity index (χ0) is 14.8. The predicted octanol–water partition coefficient (Wildman–Crippen LogP) is 1.05. The van der Waals surface area contributed by atoms with Gasteiger partial charge in [0.15, 0.2) is 0 Å². The third-order valence-corrected chi connectivity index (χ3v) is 4.14. The Kier molecular flexibility index (Phi) is 4.06. The van der Waals surface area contributed by atoms with Gasteiger partial charge >= 0.3 is 0 Å². The summed E-state index contributed by atoms with van der Waals surface area (Å²) in [6, 6.07) is 5.31. The van der Waals surface area contributed by atoms with E-state index in [1.807, 2.05) is 6.07 Å². The third-order valence-electron chi connectivity index (χ3n) is 4.14. The standard InChI is InChI=1S/C15H18FN3O2/c1-20-14-5-10(4-13(16)12(14)6-17)15-8-19-3-2-18-7-11(19)9-21-15/h4-5,11,15,18H,2-3,7-9H2,1H3. The van der Waals surface area contributed by atoms with Gasteiger partial charge in [0.25, 0.3) is 0 Å². The molecule has 0 spiro atoms. The Morgan fingerprint density at radius 2 is 2.38 bits per heavy atom. The molecule has 2 saturated heterocycles. The van der Waals surface area contributed by atoms with E-state index < -0.39 is 5.82 Å². The Hall–Kier alpha value is -1.68. The van der Waals surface area contributed by atoms with Crippen LogP contribution in [0.3, 0.4) is 0 Å². The minimum Gasteiger partial charge on any atom is -0.495 e. The average molecular weight is 291 g/mol. The quantitative estimate of drug-likeness (QED) is 0.882. The van der Waals surface area contributed by atoms with Crippen LogP contribution in [0.2, 0.25) is 0 Å². The molecule has 0 aromatic heterocycles. The fraction of sp³-hybridized carbons (Fsp3) is 0.533. The first-order valence-electron chi connectivity index (χ1n) is 7.07. The molecule has 1 aromatic carbocycles. The van der Waals surface area contributed by atoms with Crippen LogP contribution in [0.1, 0.15) is 17.2 Å². The highest BCUT2D eigenvalue weighted by Gasteiger charge is 2.32. The first-order chi connectivity index (χ1) is 10.2. The molecule has 2 heterocycles. The molecule has 6 heteroatoms. The van der Waals surface area contributed by atoms with E-state index in [1.54, 1.807) is 6.07 Å². The number of benzene rings is 1. The summed E-state index contributed by atoms with van der Waals surface area (Å²) < 4.78 is 25.0. The van der Waals surface area contributed by atoms with Gasteiger partial charge in [0, 0.05) is 32.2 Å². The van der Waals surface area contributed by atoms with Crippen LogP contribution in [0.25, 0.3) is 0 Å². The summed E-state index contributed by atoms with van der Waals surface area (Å²) in [6.45, 7) is 4.23. The minimum atomic E-state index is -0.558. The Labute approximate surface area is 123 Å². The average Bonchev–Trinajstić information content (AvgIpc) is 2.53. The number of nitrogens with one attached hydrogen (secondary N) is 1. The van der Waals surface area contributed by atoms with E-state index in [1.165, 1.54) is 13.2 Å². The number of piperazine rings is 1. The highest BCUT2D eigenvalue weighted by atomic mass is 19.1. The van der Waals surface area contributed by atoms with Crippen LogP contribution in [0.15, 0.2) is 12.1 Å². The van der Waals surface area contributed by atoms with Crippen molar-refractivity contribution in [2.45, 2.75) is 12.1 Å². The first kappa shape index (κ1) is 14.3. The van der Waals surface area contributed by atoms with E-state index in [0.717, 1.165) is 31.7 Å². The van der Waals surface area contributed by atoms with Crippen molar-refractivity contribution in [3.8, 4) is 11.8 Å².